The predicted molar refractivity (Wildman–Crippen MR) is 60.2 cm³/mol. The second kappa shape index (κ2) is 6.19. The summed E-state index contributed by atoms with van der Waals surface area (Å²) in [7, 11) is 4.01. The van der Waals surface area contributed by atoms with Crippen molar-refractivity contribution < 1.29 is 4.74 Å². The number of likely N-dealkylation sites (N-methyl/N-ethyl adjacent to an activating group) is 1. The van der Waals surface area contributed by atoms with Gasteiger partial charge in [0.25, 0.3) is 0 Å². The van der Waals surface area contributed by atoms with Crippen LogP contribution in [0.15, 0.2) is 12.3 Å². The van der Waals surface area contributed by atoms with E-state index in [-0.39, 0.29) is 0 Å². The van der Waals surface area contributed by atoms with E-state index >= 15 is 0 Å². The molecule has 0 unspecified atom stereocenters. The Bertz CT molecular complexity index is 291. The summed E-state index contributed by atoms with van der Waals surface area (Å²) < 4.78 is 5.47. The largest absolute Gasteiger partial charge is 0.476 e. The summed E-state index contributed by atoms with van der Waals surface area (Å²) in [6.07, 6.45) is 1.69. The third kappa shape index (κ3) is 4.60. The molecule has 1 aromatic heterocycles. The zero-order valence-corrected chi connectivity index (χ0v) is 9.53. The van der Waals surface area contributed by atoms with E-state index in [1.807, 2.05) is 21.0 Å². The van der Waals surface area contributed by atoms with Crippen LogP contribution in [0, 0.1) is 0 Å². The van der Waals surface area contributed by atoms with Crippen LogP contribution in [-0.2, 0) is 0 Å². The average Bonchev–Trinajstić information content (AvgIpc) is 2.18. The second-order valence-corrected chi connectivity index (χ2v) is 3.40. The fourth-order valence-electron chi connectivity index (χ4n) is 0.999. The van der Waals surface area contributed by atoms with Gasteiger partial charge in [-0.3, -0.25) is 0 Å². The Morgan fingerprint density at radius 2 is 2.27 bits per heavy atom. The van der Waals surface area contributed by atoms with Crippen LogP contribution >= 0.6 is 0 Å². The molecule has 5 heteroatoms. The molecule has 0 aromatic carbocycles. The minimum Gasteiger partial charge on any atom is -0.476 e. The molecule has 0 bridgehead atoms. The summed E-state index contributed by atoms with van der Waals surface area (Å²) in [6.45, 7) is 4.32. The van der Waals surface area contributed by atoms with Gasteiger partial charge in [-0.25, -0.2) is 4.98 Å². The van der Waals surface area contributed by atoms with E-state index in [1.165, 1.54) is 0 Å². The van der Waals surface area contributed by atoms with Gasteiger partial charge in [-0.2, -0.15) is 4.98 Å². The Balaban J connectivity index is 2.43. The standard InChI is InChI=1S/C10H18N4O/c1-4-11-10-12-6-5-9(13-10)15-8-7-14(2)3/h5-6H,4,7-8H2,1-3H3,(H,11,12,13). The topological polar surface area (TPSA) is 50.3 Å². The number of nitrogens with one attached hydrogen (secondary N) is 1. The molecule has 0 aliphatic rings. The van der Waals surface area contributed by atoms with Gasteiger partial charge in [0.1, 0.15) is 6.61 Å². The van der Waals surface area contributed by atoms with Crippen LogP contribution in [0.25, 0.3) is 0 Å². The lowest BCUT2D eigenvalue weighted by Gasteiger charge is -2.10. The third-order valence-corrected chi connectivity index (χ3v) is 1.75. The monoisotopic (exact) mass is 210 g/mol. The van der Waals surface area contributed by atoms with Gasteiger partial charge in [0.15, 0.2) is 0 Å². The molecule has 1 aromatic rings. The van der Waals surface area contributed by atoms with Gasteiger partial charge in [0.05, 0.1) is 0 Å². The molecule has 0 saturated carbocycles. The van der Waals surface area contributed by atoms with Gasteiger partial charge >= 0.3 is 0 Å². The first-order valence-corrected chi connectivity index (χ1v) is 5.07. The molecule has 0 aliphatic heterocycles. The summed E-state index contributed by atoms with van der Waals surface area (Å²) >= 11 is 0. The van der Waals surface area contributed by atoms with Gasteiger partial charge in [-0.05, 0) is 21.0 Å². The number of aromatic nitrogens is 2. The zero-order valence-electron chi connectivity index (χ0n) is 9.53. The number of rotatable bonds is 6. The van der Waals surface area contributed by atoms with Gasteiger partial charge in [0.2, 0.25) is 11.8 Å². The molecule has 84 valence electrons. The van der Waals surface area contributed by atoms with Crippen molar-refractivity contribution in [1.82, 2.24) is 14.9 Å². The molecule has 1 N–H and O–H groups in total. The van der Waals surface area contributed by atoms with E-state index in [1.54, 1.807) is 12.3 Å². The molecular weight excluding hydrogens is 192 g/mol. The molecule has 0 amide bonds. The summed E-state index contributed by atoms with van der Waals surface area (Å²) in [5.74, 6) is 1.22. The maximum atomic E-state index is 5.47. The smallest absolute Gasteiger partial charge is 0.225 e. The van der Waals surface area contributed by atoms with Crippen LogP contribution < -0.4 is 10.1 Å². The highest BCUT2D eigenvalue weighted by Crippen LogP contribution is 2.07. The van der Waals surface area contributed by atoms with Gasteiger partial charge in [0, 0.05) is 25.4 Å². The quantitative estimate of drug-likeness (QED) is 0.754. The van der Waals surface area contributed by atoms with Crippen LogP contribution in [0.5, 0.6) is 5.88 Å². The van der Waals surface area contributed by atoms with E-state index in [4.69, 9.17) is 4.74 Å². The second-order valence-electron chi connectivity index (χ2n) is 3.40. The van der Waals surface area contributed by atoms with E-state index in [0.717, 1.165) is 13.1 Å². The van der Waals surface area contributed by atoms with E-state index in [0.29, 0.717) is 18.4 Å². The molecule has 0 aliphatic carbocycles. The highest BCUT2D eigenvalue weighted by Gasteiger charge is 1.98. The molecule has 1 heterocycles. The van der Waals surface area contributed by atoms with E-state index in [2.05, 4.69) is 20.2 Å². The summed E-state index contributed by atoms with van der Waals surface area (Å²) in [5, 5.41) is 3.03. The number of anilines is 1. The highest BCUT2D eigenvalue weighted by molar-refractivity contribution is 5.26. The minimum atomic E-state index is 0.611. The summed E-state index contributed by atoms with van der Waals surface area (Å²) in [6, 6.07) is 1.76. The van der Waals surface area contributed by atoms with Crippen LogP contribution in [0.2, 0.25) is 0 Å². The average molecular weight is 210 g/mol. The van der Waals surface area contributed by atoms with Crippen molar-refractivity contribution in [2.75, 3.05) is 39.1 Å². The summed E-state index contributed by atoms with van der Waals surface area (Å²) in [4.78, 5) is 10.3. The molecule has 0 saturated heterocycles. The van der Waals surface area contributed by atoms with Crippen LogP contribution in [-0.4, -0.2) is 48.7 Å². The molecule has 15 heavy (non-hydrogen) atoms. The molecule has 0 radical (unpaired) electrons. The van der Waals surface area contributed by atoms with Crippen LogP contribution in [0.3, 0.4) is 0 Å². The Kier molecular flexibility index (Phi) is 4.83. The van der Waals surface area contributed by atoms with Crippen LogP contribution in [0.4, 0.5) is 5.95 Å². The molecule has 5 nitrogen and oxygen atoms in total. The molecule has 0 fully saturated rings. The van der Waals surface area contributed by atoms with E-state index < -0.39 is 0 Å². The first kappa shape index (κ1) is 11.7. The Labute approximate surface area is 90.5 Å². The fourth-order valence-corrected chi connectivity index (χ4v) is 0.999. The molecule has 0 spiro atoms. The first-order valence-electron chi connectivity index (χ1n) is 5.07. The fraction of sp³-hybridized carbons (Fsp3) is 0.600. The normalized spacial score (nSPS) is 10.4. The maximum Gasteiger partial charge on any atom is 0.225 e. The molecule has 1 rings (SSSR count). The minimum absolute atomic E-state index is 0.611. The van der Waals surface area contributed by atoms with Crippen molar-refractivity contribution in [1.29, 1.82) is 0 Å². The SMILES string of the molecule is CCNc1nccc(OCCN(C)C)n1. The maximum absolute atomic E-state index is 5.47. The lowest BCUT2D eigenvalue weighted by molar-refractivity contribution is 0.254. The van der Waals surface area contributed by atoms with Crippen LogP contribution in [0.1, 0.15) is 6.92 Å². The number of hydrogen-bond acceptors (Lipinski definition) is 5. The van der Waals surface area contributed by atoms with Gasteiger partial charge in [-0.1, -0.05) is 0 Å². The van der Waals surface area contributed by atoms with Gasteiger partial charge in [-0.15, -0.1) is 0 Å². The van der Waals surface area contributed by atoms with Crippen molar-refractivity contribution in [3.63, 3.8) is 0 Å². The van der Waals surface area contributed by atoms with Gasteiger partial charge < -0.3 is 15.0 Å². The van der Waals surface area contributed by atoms with E-state index in [9.17, 15) is 0 Å². The Hall–Kier alpha value is -1.36. The number of hydrogen-bond donors (Lipinski definition) is 1. The van der Waals surface area contributed by atoms with Crippen molar-refractivity contribution in [3.05, 3.63) is 12.3 Å². The molecular formula is C10H18N4O. The van der Waals surface area contributed by atoms with Crippen molar-refractivity contribution in [2.24, 2.45) is 0 Å². The Morgan fingerprint density at radius 1 is 1.47 bits per heavy atom. The zero-order chi connectivity index (χ0) is 11.1. The Morgan fingerprint density at radius 3 is 2.93 bits per heavy atom. The number of ether oxygens (including phenoxy) is 1. The van der Waals surface area contributed by atoms with Crippen molar-refractivity contribution in [2.45, 2.75) is 6.92 Å². The highest BCUT2D eigenvalue weighted by atomic mass is 16.5. The third-order valence-electron chi connectivity index (χ3n) is 1.75. The van der Waals surface area contributed by atoms with Crippen molar-refractivity contribution in [3.8, 4) is 5.88 Å². The first-order chi connectivity index (χ1) is 7.22. The lowest BCUT2D eigenvalue weighted by atomic mass is 10.6. The lowest BCUT2D eigenvalue weighted by Crippen LogP contribution is -2.19. The summed E-state index contributed by atoms with van der Waals surface area (Å²) in [5.41, 5.74) is 0. The predicted octanol–water partition coefficient (Wildman–Crippen LogP) is 0.849. The number of nitrogens with zero attached hydrogens (tertiary/aromatic N) is 3. The molecule has 0 atom stereocenters. The van der Waals surface area contributed by atoms with Crippen molar-refractivity contribution >= 4 is 5.95 Å².